The first kappa shape index (κ1) is 11.1. The zero-order chi connectivity index (χ0) is 11.5. The molecule has 5 heteroatoms. The summed E-state index contributed by atoms with van der Waals surface area (Å²) in [4.78, 5) is 8.05. The van der Waals surface area contributed by atoms with Gasteiger partial charge in [-0.15, -0.1) is 0 Å². The minimum Gasteiger partial charge on any atom is -0.475 e. The molecular weight excluding hydrogens is 206 g/mol. The van der Waals surface area contributed by atoms with Crippen LogP contribution in [0.5, 0.6) is 11.8 Å². The summed E-state index contributed by atoms with van der Waals surface area (Å²) in [5.74, 6) is 1.10. The quantitative estimate of drug-likeness (QED) is 0.828. The predicted molar refractivity (Wildman–Crippen MR) is 59.4 cm³/mol. The molecule has 1 aliphatic rings. The molecule has 1 aromatic heterocycles. The van der Waals surface area contributed by atoms with Crippen LogP contribution in [-0.2, 0) is 0 Å². The Hall–Kier alpha value is -1.36. The van der Waals surface area contributed by atoms with Crippen molar-refractivity contribution in [2.45, 2.75) is 44.9 Å². The number of nitrogens with two attached hydrogens (primary N) is 1. The number of ether oxygens (including phenoxy) is 2. The average molecular weight is 223 g/mol. The lowest BCUT2D eigenvalue weighted by Crippen LogP contribution is -2.43. The van der Waals surface area contributed by atoms with E-state index in [2.05, 4.69) is 9.97 Å². The van der Waals surface area contributed by atoms with Crippen molar-refractivity contribution in [1.29, 1.82) is 0 Å². The van der Waals surface area contributed by atoms with Gasteiger partial charge in [0.2, 0.25) is 11.8 Å². The summed E-state index contributed by atoms with van der Waals surface area (Å²) >= 11 is 0. The van der Waals surface area contributed by atoms with Crippen molar-refractivity contribution in [3.05, 3.63) is 12.4 Å². The first-order valence-electron chi connectivity index (χ1n) is 5.54. The number of nitrogens with zero attached hydrogens (tertiary/aromatic N) is 2. The van der Waals surface area contributed by atoms with Gasteiger partial charge in [-0.25, -0.2) is 9.97 Å². The highest BCUT2D eigenvalue weighted by molar-refractivity contribution is 5.19. The third-order valence-electron chi connectivity index (χ3n) is 2.39. The second-order valence-corrected chi connectivity index (χ2v) is 4.33. The van der Waals surface area contributed by atoms with Gasteiger partial charge >= 0.3 is 0 Å². The topological polar surface area (TPSA) is 70.3 Å². The maximum absolute atomic E-state index is 5.68. The molecule has 1 aliphatic carbocycles. The summed E-state index contributed by atoms with van der Waals surface area (Å²) in [6, 6.07) is 1.99. The van der Waals surface area contributed by atoms with E-state index in [1.54, 1.807) is 6.07 Å². The van der Waals surface area contributed by atoms with Crippen LogP contribution in [0.25, 0.3) is 0 Å². The number of hydrogen-bond donors (Lipinski definition) is 1. The summed E-state index contributed by atoms with van der Waals surface area (Å²) in [5.41, 5.74) is 5.68. The van der Waals surface area contributed by atoms with Crippen LogP contribution in [0.4, 0.5) is 0 Å². The first-order valence-corrected chi connectivity index (χ1v) is 5.54. The van der Waals surface area contributed by atoms with Crippen molar-refractivity contribution < 1.29 is 9.47 Å². The summed E-state index contributed by atoms with van der Waals surface area (Å²) in [6.45, 7) is 3.90. The molecule has 2 rings (SSSR count). The molecule has 0 amide bonds. The minimum absolute atomic E-state index is 0.0971. The lowest BCUT2D eigenvalue weighted by Gasteiger charge is -2.32. The highest BCUT2D eigenvalue weighted by Crippen LogP contribution is 2.24. The lowest BCUT2D eigenvalue weighted by atomic mass is 9.90. The SMILES string of the molecule is CC(C)Oc1cc(OC2CC(N)C2)ncn1. The third kappa shape index (κ3) is 2.82. The molecule has 5 nitrogen and oxygen atoms in total. The highest BCUT2D eigenvalue weighted by Gasteiger charge is 2.28. The van der Waals surface area contributed by atoms with E-state index < -0.39 is 0 Å². The van der Waals surface area contributed by atoms with E-state index in [1.807, 2.05) is 13.8 Å². The van der Waals surface area contributed by atoms with Gasteiger partial charge in [0.05, 0.1) is 12.2 Å². The van der Waals surface area contributed by atoms with Crippen LogP contribution in [0.1, 0.15) is 26.7 Å². The van der Waals surface area contributed by atoms with Gasteiger partial charge in [0.15, 0.2) is 0 Å². The molecule has 0 aliphatic heterocycles. The van der Waals surface area contributed by atoms with Crippen molar-refractivity contribution >= 4 is 0 Å². The fourth-order valence-corrected chi connectivity index (χ4v) is 1.57. The Labute approximate surface area is 95.0 Å². The van der Waals surface area contributed by atoms with Gasteiger partial charge in [0.25, 0.3) is 0 Å². The molecule has 0 unspecified atom stereocenters. The highest BCUT2D eigenvalue weighted by atomic mass is 16.5. The fourth-order valence-electron chi connectivity index (χ4n) is 1.57. The molecule has 1 fully saturated rings. The summed E-state index contributed by atoms with van der Waals surface area (Å²) in [5, 5.41) is 0. The summed E-state index contributed by atoms with van der Waals surface area (Å²) < 4.78 is 11.1. The molecule has 2 N–H and O–H groups in total. The molecule has 1 aromatic rings. The smallest absolute Gasteiger partial charge is 0.220 e. The van der Waals surface area contributed by atoms with Gasteiger partial charge in [-0.3, -0.25) is 0 Å². The molecular formula is C11H17N3O2. The van der Waals surface area contributed by atoms with Crippen LogP contribution >= 0.6 is 0 Å². The van der Waals surface area contributed by atoms with Crippen LogP contribution in [0.2, 0.25) is 0 Å². The van der Waals surface area contributed by atoms with E-state index in [-0.39, 0.29) is 18.2 Å². The molecule has 0 aromatic carbocycles. The standard InChI is InChI=1S/C11H17N3O2/c1-7(2)15-10-5-11(14-6-13-10)16-9-3-8(12)4-9/h5-9H,3-4,12H2,1-2H3. The number of aromatic nitrogens is 2. The Morgan fingerprint density at radius 3 is 2.62 bits per heavy atom. The normalized spacial score (nSPS) is 24.0. The van der Waals surface area contributed by atoms with Crippen molar-refractivity contribution in [3.8, 4) is 11.8 Å². The fraction of sp³-hybridized carbons (Fsp3) is 0.636. The zero-order valence-corrected chi connectivity index (χ0v) is 9.59. The van der Waals surface area contributed by atoms with Gasteiger partial charge in [0.1, 0.15) is 12.4 Å². The number of hydrogen-bond acceptors (Lipinski definition) is 5. The Bertz CT molecular complexity index is 351. The zero-order valence-electron chi connectivity index (χ0n) is 9.59. The van der Waals surface area contributed by atoms with E-state index in [4.69, 9.17) is 15.2 Å². The third-order valence-corrected chi connectivity index (χ3v) is 2.39. The second kappa shape index (κ2) is 4.65. The van der Waals surface area contributed by atoms with Crippen LogP contribution in [-0.4, -0.2) is 28.2 Å². The van der Waals surface area contributed by atoms with E-state index in [0.717, 1.165) is 12.8 Å². The van der Waals surface area contributed by atoms with Gasteiger partial charge in [-0.05, 0) is 26.7 Å². The monoisotopic (exact) mass is 223 g/mol. The van der Waals surface area contributed by atoms with Crippen LogP contribution in [0, 0.1) is 0 Å². The van der Waals surface area contributed by atoms with Crippen LogP contribution in [0.3, 0.4) is 0 Å². The minimum atomic E-state index is 0.0971. The Balaban J connectivity index is 1.93. The molecule has 0 atom stereocenters. The average Bonchev–Trinajstić information content (AvgIpc) is 2.15. The maximum atomic E-state index is 5.68. The molecule has 88 valence electrons. The van der Waals surface area contributed by atoms with Crippen LogP contribution in [0.15, 0.2) is 12.4 Å². The van der Waals surface area contributed by atoms with Crippen molar-refractivity contribution in [2.75, 3.05) is 0 Å². The van der Waals surface area contributed by atoms with Gasteiger partial charge in [-0.2, -0.15) is 0 Å². The lowest BCUT2D eigenvalue weighted by molar-refractivity contribution is 0.0948. The Morgan fingerprint density at radius 2 is 2.00 bits per heavy atom. The van der Waals surface area contributed by atoms with Gasteiger partial charge < -0.3 is 15.2 Å². The molecule has 1 saturated carbocycles. The van der Waals surface area contributed by atoms with Crippen molar-refractivity contribution in [2.24, 2.45) is 5.73 Å². The Kier molecular flexibility index (Phi) is 3.24. The second-order valence-electron chi connectivity index (χ2n) is 4.33. The molecule has 16 heavy (non-hydrogen) atoms. The molecule has 1 heterocycles. The van der Waals surface area contributed by atoms with E-state index in [1.165, 1.54) is 6.33 Å². The van der Waals surface area contributed by atoms with E-state index >= 15 is 0 Å². The van der Waals surface area contributed by atoms with Crippen LogP contribution < -0.4 is 15.2 Å². The first-order chi connectivity index (χ1) is 7.63. The maximum Gasteiger partial charge on any atom is 0.220 e. The van der Waals surface area contributed by atoms with E-state index in [0.29, 0.717) is 11.8 Å². The van der Waals surface area contributed by atoms with Gasteiger partial charge in [-0.1, -0.05) is 0 Å². The van der Waals surface area contributed by atoms with Crippen molar-refractivity contribution in [1.82, 2.24) is 9.97 Å². The molecule has 0 saturated heterocycles. The molecule has 0 spiro atoms. The Morgan fingerprint density at radius 1 is 1.31 bits per heavy atom. The van der Waals surface area contributed by atoms with Crippen molar-refractivity contribution in [3.63, 3.8) is 0 Å². The van der Waals surface area contributed by atoms with Gasteiger partial charge in [0, 0.05) is 6.04 Å². The predicted octanol–water partition coefficient (Wildman–Crippen LogP) is 1.13. The van der Waals surface area contributed by atoms with E-state index in [9.17, 15) is 0 Å². The summed E-state index contributed by atoms with van der Waals surface area (Å²) in [7, 11) is 0. The molecule has 0 radical (unpaired) electrons. The largest absolute Gasteiger partial charge is 0.475 e. The summed E-state index contributed by atoms with van der Waals surface area (Å²) in [6.07, 6.45) is 3.53. The molecule has 0 bridgehead atoms. The number of rotatable bonds is 4.